The maximum atomic E-state index is 12.6. The van der Waals surface area contributed by atoms with E-state index in [9.17, 15) is 9.90 Å². The number of nitrogens with zero attached hydrogens (tertiary/aromatic N) is 3. The number of carbonyl (C=O) groups is 1. The molecule has 7 nitrogen and oxygen atoms in total. The summed E-state index contributed by atoms with van der Waals surface area (Å²) >= 11 is 0. The van der Waals surface area contributed by atoms with Gasteiger partial charge in [-0.2, -0.15) is 0 Å². The van der Waals surface area contributed by atoms with E-state index in [1.165, 1.54) is 11.1 Å². The topological polar surface area (TPSA) is 79.6 Å². The zero-order chi connectivity index (χ0) is 21.9. The maximum Gasteiger partial charge on any atom is 0.271 e. The SMILES string of the molecule is O=C(NCC(O)CN1CCc2ccccc2C1)c1cn2c(n1)COC(c1ccccc1)C2. The van der Waals surface area contributed by atoms with Crippen molar-refractivity contribution in [1.82, 2.24) is 19.8 Å². The summed E-state index contributed by atoms with van der Waals surface area (Å²) in [6.45, 7) is 3.46. The quantitative estimate of drug-likeness (QED) is 0.625. The second-order valence-corrected chi connectivity index (χ2v) is 8.52. The van der Waals surface area contributed by atoms with Gasteiger partial charge in [-0.1, -0.05) is 54.6 Å². The Hall–Kier alpha value is -3.00. The fraction of sp³-hybridized carbons (Fsp3) is 0.360. The summed E-state index contributed by atoms with van der Waals surface area (Å²) in [7, 11) is 0. The maximum absolute atomic E-state index is 12.6. The van der Waals surface area contributed by atoms with E-state index in [1.807, 2.05) is 34.9 Å². The first kappa shape index (κ1) is 20.9. The molecule has 2 unspecified atom stereocenters. The van der Waals surface area contributed by atoms with Crippen molar-refractivity contribution in [2.75, 3.05) is 19.6 Å². The van der Waals surface area contributed by atoms with Gasteiger partial charge in [-0.05, 0) is 23.1 Å². The second-order valence-electron chi connectivity index (χ2n) is 8.52. The minimum Gasteiger partial charge on any atom is -0.390 e. The largest absolute Gasteiger partial charge is 0.390 e. The summed E-state index contributed by atoms with van der Waals surface area (Å²) in [4.78, 5) is 19.3. The molecule has 0 fully saturated rings. The molecule has 0 aliphatic carbocycles. The Balaban J connectivity index is 1.13. The molecule has 166 valence electrons. The second kappa shape index (κ2) is 9.24. The Labute approximate surface area is 187 Å². The summed E-state index contributed by atoms with van der Waals surface area (Å²) in [5, 5.41) is 13.3. The highest BCUT2D eigenvalue weighted by atomic mass is 16.5. The number of β-amino-alcohol motifs (C(OH)–C–C–N with tert-alkyl or cyclic N) is 1. The molecule has 5 rings (SSSR count). The lowest BCUT2D eigenvalue weighted by Gasteiger charge is -2.30. The van der Waals surface area contributed by atoms with Gasteiger partial charge < -0.3 is 19.7 Å². The number of amides is 1. The number of nitrogens with one attached hydrogen (secondary N) is 1. The van der Waals surface area contributed by atoms with E-state index in [0.717, 1.165) is 30.9 Å². The van der Waals surface area contributed by atoms with Crippen molar-refractivity contribution in [3.8, 4) is 0 Å². The van der Waals surface area contributed by atoms with Crippen molar-refractivity contribution >= 4 is 5.91 Å². The van der Waals surface area contributed by atoms with Crippen LogP contribution in [0.1, 0.15) is 39.1 Å². The van der Waals surface area contributed by atoms with E-state index in [4.69, 9.17) is 4.74 Å². The van der Waals surface area contributed by atoms with E-state index in [1.54, 1.807) is 6.20 Å². The number of fused-ring (bicyclic) bond motifs is 2. The first-order valence-electron chi connectivity index (χ1n) is 11.1. The third kappa shape index (κ3) is 4.60. The van der Waals surface area contributed by atoms with Crippen molar-refractivity contribution in [2.24, 2.45) is 0 Å². The van der Waals surface area contributed by atoms with Crippen LogP contribution in [0.5, 0.6) is 0 Å². The number of carbonyl (C=O) groups excluding carboxylic acids is 1. The number of rotatable bonds is 6. The van der Waals surface area contributed by atoms with E-state index in [0.29, 0.717) is 25.4 Å². The predicted octanol–water partition coefficient (Wildman–Crippen LogP) is 2.30. The van der Waals surface area contributed by atoms with Gasteiger partial charge in [0.05, 0.1) is 12.6 Å². The van der Waals surface area contributed by atoms with Crippen molar-refractivity contribution < 1.29 is 14.6 Å². The minimum absolute atomic E-state index is 0.0506. The molecule has 2 aliphatic heterocycles. The van der Waals surface area contributed by atoms with Crippen molar-refractivity contribution in [1.29, 1.82) is 0 Å². The molecule has 1 amide bonds. The number of ether oxygens (including phenoxy) is 1. The van der Waals surface area contributed by atoms with Gasteiger partial charge in [0, 0.05) is 32.4 Å². The standard InChI is InChI=1S/C25H28N4O3/c30-21(14-28-11-10-18-6-4-5-9-20(18)13-28)12-26-25(31)22-15-29-16-23(32-17-24(29)27-22)19-7-2-1-3-8-19/h1-9,15,21,23,30H,10-14,16-17H2,(H,26,31). The lowest BCUT2D eigenvalue weighted by molar-refractivity contribution is 0.000488. The van der Waals surface area contributed by atoms with Crippen LogP contribution in [0.4, 0.5) is 0 Å². The number of aromatic nitrogens is 2. The Bertz CT molecular complexity index is 1080. The van der Waals surface area contributed by atoms with Crippen LogP contribution >= 0.6 is 0 Å². The number of hydrogen-bond acceptors (Lipinski definition) is 5. The van der Waals surface area contributed by atoms with E-state index < -0.39 is 6.10 Å². The third-order valence-electron chi connectivity index (χ3n) is 6.22. The van der Waals surface area contributed by atoms with Crippen molar-refractivity contribution in [3.05, 3.63) is 89.0 Å². The van der Waals surface area contributed by atoms with Crippen LogP contribution in [0.3, 0.4) is 0 Å². The highest BCUT2D eigenvalue weighted by molar-refractivity contribution is 5.92. The zero-order valence-electron chi connectivity index (χ0n) is 18.0. The molecule has 3 heterocycles. The highest BCUT2D eigenvalue weighted by Crippen LogP contribution is 2.26. The number of aliphatic hydroxyl groups is 1. The number of imidazole rings is 1. The van der Waals surface area contributed by atoms with Crippen LogP contribution in [-0.2, 0) is 30.9 Å². The van der Waals surface area contributed by atoms with Crippen LogP contribution in [0.25, 0.3) is 0 Å². The van der Waals surface area contributed by atoms with Gasteiger partial charge in [0.2, 0.25) is 0 Å². The number of hydrogen-bond donors (Lipinski definition) is 2. The first-order chi connectivity index (χ1) is 15.7. The summed E-state index contributed by atoms with van der Waals surface area (Å²) in [6.07, 6.45) is 2.08. The molecule has 3 aromatic rings. The fourth-order valence-corrected chi connectivity index (χ4v) is 4.49. The van der Waals surface area contributed by atoms with E-state index in [-0.39, 0.29) is 18.6 Å². The van der Waals surface area contributed by atoms with Crippen LogP contribution in [0.15, 0.2) is 60.8 Å². The fourth-order valence-electron chi connectivity index (χ4n) is 4.49. The van der Waals surface area contributed by atoms with E-state index in [2.05, 4.69) is 39.5 Å². The zero-order valence-corrected chi connectivity index (χ0v) is 18.0. The monoisotopic (exact) mass is 432 g/mol. The molecule has 0 radical (unpaired) electrons. The summed E-state index contributed by atoms with van der Waals surface area (Å²) in [5.41, 5.74) is 4.17. The molecule has 0 saturated carbocycles. The molecule has 0 saturated heterocycles. The smallest absolute Gasteiger partial charge is 0.271 e. The molecule has 2 N–H and O–H groups in total. The summed E-state index contributed by atoms with van der Waals surface area (Å²) in [5.74, 6) is 0.473. The molecule has 2 aliphatic rings. The molecule has 0 bridgehead atoms. The van der Waals surface area contributed by atoms with Crippen LogP contribution in [0.2, 0.25) is 0 Å². The van der Waals surface area contributed by atoms with Crippen LogP contribution in [-0.4, -0.2) is 51.2 Å². The molecule has 2 aromatic carbocycles. The molecule has 32 heavy (non-hydrogen) atoms. The molecule has 1 aromatic heterocycles. The molecular weight excluding hydrogens is 404 g/mol. The molecule has 7 heteroatoms. The van der Waals surface area contributed by atoms with Gasteiger partial charge in [0.15, 0.2) is 0 Å². The Kier molecular flexibility index (Phi) is 6.03. The lowest BCUT2D eigenvalue weighted by atomic mass is 10.00. The summed E-state index contributed by atoms with van der Waals surface area (Å²) < 4.78 is 7.91. The average Bonchev–Trinajstić information content (AvgIpc) is 3.27. The third-order valence-corrected chi connectivity index (χ3v) is 6.22. The van der Waals surface area contributed by atoms with Gasteiger partial charge >= 0.3 is 0 Å². The van der Waals surface area contributed by atoms with Gasteiger partial charge in [0.25, 0.3) is 5.91 Å². The summed E-state index contributed by atoms with van der Waals surface area (Å²) in [6, 6.07) is 18.5. The first-order valence-corrected chi connectivity index (χ1v) is 11.1. The van der Waals surface area contributed by atoms with Gasteiger partial charge in [-0.15, -0.1) is 0 Å². The van der Waals surface area contributed by atoms with Crippen LogP contribution < -0.4 is 5.32 Å². The van der Waals surface area contributed by atoms with Gasteiger partial charge in [-0.25, -0.2) is 4.98 Å². The Morgan fingerprint density at radius 1 is 1.16 bits per heavy atom. The van der Waals surface area contributed by atoms with Gasteiger partial charge in [0.1, 0.15) is 24.2 Å². The minimum atomic E-state index is -0.632. The lowest BCUT2D eigenvalue weighted by Crippen LogP contribution is -2.42. The van der Waals surface area contributed by atoms with Crippen molar-refractivity contribution in [3.63, 3.8) is 0 Å². The Morgan fingerprint density at radius 2 is 1.94 bits per heavy atom. The number of benzene rings is 2. The van der Waals surface area contributed by atoms with E-state index >= 15 is 0 Å². The average molecular weight is 433 g/mol. The van der Waals surface area contributed by atoms with Crippen molar-refractivity contribution in [2.45, 2.75) is 38.3 Å². The van der Waals surface area contributed by atoms with Crippen LogP contribution in [0, 0.1) is 0 Å². The Morgan fingerprint density at radius 3 is 2.78 bits per heavy atom. The van der Waals surface area contributed by atoms with Gasteiger partial charge in [-0.3, -0.25) is 9.69 Å². The molecule has 0 spiro atoms. The highest BCUT2D eigenvalue weighted by Gasteiger charge is 2.24. The predicted molar refractivity (Wildman–Crippen MR) is 120 cm³/mol. The number of aliphatic hydroxyl groups excluding tert-OH is 1. The molecule has 2 atom stereocenters. The molecular formula is C25H28N4O3. The normalized spacial score (nSPS) is 19.1.